The minimum absolute atomic E-state index is 0.0729. The molecule has 0 amide bonds. The van der Waals surface area contributed by atoms with Crippen LogP contribution in [0.1, 0.15) is 25.8 Å². The number of hydrogen-bond acceptors (Lipinski definition) is 6. The summed E-state index contributed by atoms with van der Waals surface area (Å²) in [4.78, 5) is 22.5. The van der Waals surface area contributed by atoms with E-state index in [2.05, 4.69) is 10.2 Å². The molecule has 25 heavy (non-hydrogen) atoms. The van der Waals surface area contributed by atoms with Gasteiger partial charge in [0.25, 0.3) is 0 Å². The summed E-state index contributed by atoms with van der Waals surface area (Å²) in [5.41, 5.74) is 2.52. The fourth-order valence-corrected chi connectivity index (χ4v) is 2.45. The molecule has 7 heteroatoms. The molecule has 1 heterocycles. The van der Waals surface area contributed by atoms with Crippen molar-refractivity contribution in [2.45, 2.75) is 33.3 Å². The number of aryl methyl sites for hydroxylation is 1. The number of ether oxygens (including phenoxy) is 2. The smallest absolute Gasteiger partial charge is 0.303 e. The van der Waals surface area contributed by atoms with Crippen molar-refractivity contribution in [3.05, 3.63) is 40.5 Å². The lowest BCUT2D eigenvalue weighted by Crippen LogP contribution is -2.26. The third-order valence-electron chi connectivity index (χ3n) is 3.36. The van der Waals surface area contributed by atoms with E-state index in [4.69, 9.17) is 21.7 Å². The maximum atomic E-state index is 11.3. The summed E-state index contributed by atoms with van der Waals surface area (Å²) in [6, 6.07) is 9.24. The van der Waals surface area contributed by atoms with Gasteiger partial charge in [0.05, 0.1) is 5.69 Å². The standard InChI is InChI=1S/C18H20N2O4S/c1-11-4-6-17(15(8-11)16-5-7-18(25)20-19-16)23-10-14(9-12(2)21)24-13(3)22/h4-8,14H,9-10H2,1-3H3,(H,20,25). The molecule has 0 aliphatic rings. The fraction of sp³-hybridized carbons (Fsp3) is 0.333. The lowest BCUT2D eigenvalue weighted by Gasteiger charge is -2.18. The molecule has 132 valence electrons. The Balaban J connectivity index is 2.23. The molecule has 0 aliphatic heterocycles. The number of Topliss-reactive ketones (excluding diaryl/α,β-unsaturated/α-hetero) is 1. The Labute approximate surface area is 151 Å². The Hall–Kier alpha value is -2.54. The number of benzene rings is 1. The second-order valence-electron chi connectivity index (χ2n) is 5.75. The highest BCUT2D eigenvalue weighted by Crippen LogP contribution is 2.29. The second-order valence-corrected chi connectivity index (χ2v) is 6.19. The van der Waals surface area contributed by atoms with E-state index < -0.39 is 12.1 Å². The molecule has 0 aliphatic carbocycles. The average molecular weight is 360 g/mol. The number of aromatic amines is 1. The van der Waals surface area contributed by atoms with E-state index in [9.17, 15) is 9.59 Å². The summed E-state index contributed by atoms with van der Waals surface area (Å²) in [6.07, 6.45) is -0.518. The third kappa shape index (κ3) is 5.79. The number of carbonyl (C=O) groups excluding carboxylic acids is 2. The van der Waals surface area contributed by atoms with Crippen LogP contribution in [-0.4, -0.2) is 34.7 Å². The zero-order chi connectivity index (χ0) is 18.4. The van der Waals surface area contributed by atoms with E-state index >= 15 is 0 Å². The van der Waals surface area contributed by atoms with Crippen LogP contribution in [0.4, 0.5) is 0 Å². The number of carbonyl (C=O) groups is 2. The Kier molecular flexibility index (Phi) is 6.41. The summed E-state index contributed by atoms with van der Waals surface area (Å²) < 4.78 is 11.5. The average Bonchev–Trinajstić information content (AvgIpc) is 2.53. The Bertz CT molecular complexity index is 796. The molecule has 0 saturated heterocycles. The molecule has 0 saturated carbocycles. The van der Waals surface area contributed by atoms with Crippen LogP contribution in [0.2, 0.25) is 0 Å². The second kappa shape index (κ2) is 8.53. The molecular formula is C18H20N2O4S. The number of hydrogen-bond donors (Lipinski definition) is 1. The van der Waals surface area contributed by atoms with Crippen molar-refractivity contribution in [2.75, 3.05) is 6.61 Å². The largest absolute Gasteiger partial charge is 0.489 e. The molecule has 0 fully saturated rings. The van der Waals surface area contributed by atoms with Gasteiger partial charge in [-0.25, -0.2) is 0 Å². The quantitative estimate of drug-likeness (QED) is 0.602. The van der Waals surface area contributed by atoms with Crippen molar-refractivity contribution >= 4 is 24.0 Å². The van der Waals surface area contributed by atoms with Gasteiger partial charge in [0.2, 0.25) is 0 Å². The molecule has 6 nitrogen and oxygen atoms in total. The first-order chi connectivity index (χ1) is 11.8. The number of H-pyrrole nitrogens is 1. The van der Waals surface area contributed by atoms with Crippen molar-refractivity contribution in [1.29, 1.82) is 0 Å². The van der Waals surface area contributed by atoms with Gasteiger partial charge in [-0.15, -0.1) is 0 Å². The van der Waals surface area contributed by atoms with Crippen molar-refractivity contribution in [2.24, 2.45) is 0 Å². The Morgan fingerprint density at radius 3 is 2.60 bits per heavy atom. The van der Waals surface area contributed by atoms with E-state index in [1.807, 2.05) is 25.1 Å². The van der Waals surface area contributed by atoms with Crippen LogP contribution >= 0.6 is 12.2 Å². The van der Waals surface area contributed by atoms with Gasteiger partial charge in [0, 0.05) is 18.9 Å². The van der Waals surface area contributed by atoms with Crippen LogP contribution in [0.5, 0.6) is 5.75 Å². The highest BCUT2D eigenvalue weighted by Gasteiger charge is 2.17. The van der Waals surface area contributed by atoms with Gasteiger partial charge in [0.1, 0.15) is 28.9 Å². The van der Waals surface area contributed by atoms with Gasteiger partial charge >= 0.3 is 5.97 Å². The summed E-state index contributed by atoms with van der Waals surface area (Å²) in [5.74, 6) is 0.0666. The van der Waals surface area contributed by atoms with Gasteiger partial charge in [-0.3, -0.25) is 14.7 Å². The van der Waals surface area contributed by atoms with Gasteiger partial charge in [-0.2, -0.15) is 5.10 Å². The van der Waals surface area contributed by atoms with Crippen LogP contribution in [0.25, 0.3) is 11.3 Å². The third-order valence-corrected chi connectivity index (χ3v) is 3.59. The molecule has 2 rings (SSSR count). The minimum atomic E-state index is -0.626. The van der Waals surface area contributed by atoms with Gasteiger partial charge in [0.15, 0.2) is 0 Å². The highest BCUT2D eigenvalue weighted by atomic mass is 32.1. The maximum Gasteiger partial charge on any atom is 0.303 e. The zero-order valence-electron chi connectivity index (χ0n) is 14.4. The molecule has 0 radical (unpaired) electrons. The molecule has 1 unspecified atom stereocenters. The molecule has 1 aromatic carbocycles. The maximum absolute atomic E-state index is 11.3. The number of nitrogens with zero attached hydrogens (tertiary/aromatic N) is 1. The van der Waals surface area contributed by atoms with Crippen LogP contribution < -0.4 is 4.74 Å². The van der Waals surface area contributed by atoms with Crippen molar-refractivity contribution in [3.63, 3.8) is 0 Å². The van der Waals surface area contributed by atoms with Gasteiger partial charge in [-0.05, 0) is 38.1 Å². The minimum Gasteiger partial charge on any atom is -0.489 e. The molecular weight excluding hydrogens is 340 g/mol. The summed E-state index contributed by atoms with van der Waals surface area (Å²) in [7, 11) is 0. The molecule has 2 aromatic rings. The van der Waals surface area contributed by atoms with Crippen LogP contribution in [-0.2, 0) is 14.3 Å². The number of ketones is 1. The summed E-state index contributed by atoms with van der Waals surface area (Å²) in [6.45, 7) is 4.80. The zero-order valence-corrected chi connectivity index (χ0v) is 15.2. The Morgan fingerprint density at radius 1 is 1.24 bits per heavy atom. The fourth-order valence-electron chi connectivity index (χ4n) is 2.34. The van der Waals surface area contributed by atoms with Gasteiger partial charge < -0.3 is 9.47 Å². The summed E-state index contributed by atoms with van der Waals surface area (Å²) >= 11 is 5.02. The van der Waals surface area contributed by atoms with E-state index in [1.165, 1.54) is 13.8 Å². The molecule has 0 bridgehead atoms. The van der Waals surface area contributed by atoms with Gasteiger partial charge in [-0.1, -0.05) is 23.8 Å². The first-order valence-corrected chi connectivity index (χ1v) is 8.22. The van der Waals surface area contributed by atoms with E-state index in [0.29, 0.717) is 16.1 Å². The van der Waals surface area contributed by atoms with Crippen molar-refractivity contribution < 1.29 is 19.1 Å². The number of esters is 1. The lowest BCUT2D eigenvalue weighted by molar-refractivity contribution is -0.149. The van der Waals surface area contributed by atoms with Crippen molar-refractivity contribution in [1.82, 2.24) is 10.2 Å². The number of aromatic nitrogens is 2. The van der Waals surface area contributed by atoms with E-state index in [-0.39, 0.29) is 18.8 Å². The van der Waals surface area contributed by atoms with E-state index in [1.54, 1.807) is 12.1 Å². The van der Waals surface area contributed by atoms with Crippen LogP contribution in [0.3, 0.4) is 0 Å². The van der Waals surface area contributed by atoms with Crippen LogP contribution in [0, 0.1) is 11.6 Å². The molecule has 1 N–H and O–H groups in total. The Morgan fingerprint density at radius 2 is 2.00 bits per heavy atom. The number of nitrogens with one attached hydrogen (secondary N) is 1. The van der Waals surface area contributed by atoms with E-state index in [0.717, 1.165) is 11.1 Å². The highest BCUT2D eigenvalue weighted by molar-refractivity contribution is 7.71. The number of rotatable bonds is 7. The molecule has 0 spiro atoms. The predicted octanol–water partition coefficient (Wildman–Crippen LogP) is 3.40. The SMILES string of the molecule is CC(=O)CC(COc1ccc(C)cc1-c1ccc(=S)[nH]n1)OC(C)=O. The predicted molar refractivity (Wildman–Crippen MR) is 95.9 cm³/mol. The molecule has 1 aromatic heterocycles. The topological polar surface area (TPSA) is 81.3 Å². The summed E-state index contributed by atoms with van der Waals surface area (Å²) in [5, 5.41) is 6.98. The normalized spacial score (nSPS) is 11.6. The first-order valence-electron chi connectivity index (χ1n) is 7.81. The van der Waals surface area contributed by atoms with Crippen LogP contribution in [0.15, 0.2) is 30.3 Å². The monoisotopic (exact) mass is 360 g/mol. The first kappa shape index (κ1) is 18.8. The lowest BCUT2D eigenvalue weighted by atomic mass is 10.1. The van der Waals surface area contributed by atoms with Crippen molar-refractivity contribution in [3.8, 4) is 17.0 Å². The molecule has 1 atom stereocenters.